The molecule has 2 aliphatic rings. The summed E-state index contributed by atoms with van der Waals surface area (Å²) in [5, 5.41) is 18.5. The lowest BCUT2D eigenvalue weighted by molar-refractivity contribution is -0.141. The van der Waals surface area contributed by atoms with Crippen LogP contribution in [0.3, 0.4) is 0 Å². The maximum atomic E-state index is 10.9. The van der Waals surface area contributed by atoms with Gasteiger partial charge in [-0.15, -0.1) is 0 Å². The lowest BCUT2D eigenvalue weighted by Gasteiger charge is -2.31. The van der Waals surface area contributed by atoms with E-state index < -0.39 is 12.3 Å². The van der Waals surface area contributed by atoms with Gasteiger partial charge in [0.05, 0.1) is 11.8 Å². The maximum absolute atomic E-state index is 10.9. The van der Waals surface area contributed by atoms with Crippen LogP contribution < -0.4 is 0 Å². The van der Waals surface area contributed by atoms with Crippen molar-refractivity contribution in [1.82, 2.24) is 0 Å². The molecular weight excluding hydrogens is 184 g/mol. The van der Waals surface area contributed by atoms with Gasteiger partial charge in [0.2, 0.25) is 0 Å². The van der Waals surface area contributed by atoms with E-state index >= 15 is 0 Å². The molecule has 4 heteroatoms. The van der Waals surface area contributed by atoms with Crippen LogP contribution in [0, 0.1) is 17.8 Å². The topological polar surface area (TPSA) is 66.8 Å². The fraction of sp³-hybridized carbons (Fsp3) is 0.700. The number of fused-ring (bicyclic) bond motifs is 1. The number of carbonyl (C=O) groups is 1. The van der Waals surface area contributed by atoms with Gasteiger partial charge in [-0.1, -0.05) is 6.92 Å². The average Bonchev–Trinajstić information content (AvgIpc) is 2.49. The minimum Gasteiger partial charge on any atom is -0.478 e. The molecule has 0 aromatic carbocycles. The number of carboxylic acid groups (broad SMARTS) is 1. The molecule has 4 nitrogen and oxygen atoms in total. The first-order valence-electron chi connectivity index (χ1n) is 4.88. The zero-order valence-corrected chi connectivity index (χ0v) is 8.01. The van der Waals surface area contributed by atoms with E-state index in [1.165, 1.54) is 6.26 Å². The third-order valence-corrected chi connectivity index (χ3v) is 3.36. The number of hydrogen-bond acceptors (Lipinski definition) is 3. The predicted octanol–water partition coefficient (Wildman–Crippen LogP) is 0.966. The molecule has 4 unspecified atom stereocenters. The summed E-state index contributed by atoms with van der Waals surface area (Å²) in [6.07, 6.45) is 2.16. The van der Waals surface area contributed by atoms with Crippen LogP contribution in [0.25, 0.3) is 0 Å². The van der Waals surface area contributed by atoms with E-state index in [2.05, 4.69) is 0 Å². The van der Waals surface area contributed by atoms with Crippen molar-refractivity contribution in [2.45, 2.75) is 26.1 Å². The first-order chi connectivity index (χ1) is 6.61. The van der Waals surface area contributed by atoms with Gasteiger partial charge in [0.25, 0.3) is 0 Å². The third kappa shape index (κ3) is 1.30. The van der Waals surface area contributed by atoms with Crippen molar-refractivity contribution < 1.29 is 19.7 Å². The van der Waals surface area contributed by atoms with Crippen molar-refractivity contribution in [1.29, 1.82) is 0 Å². The van der Waals surface area contributed by atoms with Crippen LogP contribution in [-0.4, -0.2) is 22.5 Å². The summed E-state index contributed by atoms with van der Waals surface area (Å²) in [7, 11) is 0. The van der Waals surface area contributed by atoms with Gasteiger partial charge in [-0.2, -0.15) is 0 Å². The third-order valence-electron chi connectivity index (χ3n) is 3.36. The Hall–Kier alpha value is -1.03. The summed E-state index contributed by atoms with van der Waals surface area (Å²) < 4.78 is 4.95. The van der Waals surface area contributed by atoms with Crippen LogP contribution in [-0.2, 0) is 9.53 Å². The number of rotatable bonds is 1. The van der Waals surface area contributed by atoms with Gasteiger partial charge in [0.1, 0.15) is 0 Å². The number of carboxylic acids is 1. The number of aliphatic hydroxyl groups excluding tert-OH is 1. The van der Waals surface area contributed by atoms with Crippen molar-refractivity contribution in [3.05, 3.63) is 11.8 Å². The van der Waals surface area contributed by atoms with Gasteiger partial charge < -0.3 is 14.9 Å². The number of aliphatic hydroxyl groups is 1. The van der Waals surface area contributed by atoms with Crippen molar-refractivity contribution >= 4 is 5.97 Å². The fourth-order valence-electron chi connectivity index (χ4n) is 2.60. The van der Waals surface area contributed by atoms with Gasteiger partial charge in [-0.05, 0) is 18.8 Å². The van der Waals surface area contributed by atoms with Crippen LogP contribution in [0.15, 0.2) is 11.8 Å². The standard InChI is InChI=1S/C10H14O4/c1-5-2-3-6-7(9(11)12)4-14-10(13)8(5)6/h4-6,8,10,13H,2-3H2,1H3,(H,11,12). The van der Waals surface area contributed by atoms with Gasteiger partial charge in [-0.3, -0.25) is 0 Å². The van der Waals surface area contributed by atoms with Crippen molar-refractivity contribution in [2.24, 2.45) is 17.8 Å². The summed E-state index contributed by atoms with van der Waals surface area (Å²) in [5.41, 5.74) is 0.310. The Bertz CT molecular complexity index is 284. The van der Waals surface area contributed by atoms with E-state index in [0.29, 0.717) is 11.5 Å². The Kier molecular flexibility index (Phi) is 2.23. The van der Waals surface area contributed by atoms with E-state index in [4.69, 9.17) is 9.84 Å². The molecule has 4 atom stereocenters. The normalized spacial score (nSPS) is 41.1. The first-order valence-corrected chi connectivity index (χ1v) is 4.88. The van der Waals surface area contributed by atoms with Crippen LogP contribution in [0.1, 0.15) is 19.8 Å². The minimum atomic E-state index is -0.930. The molecule has 2 N–H and O–H groups in total. The van der Waals surface area contributed by atoms with Crippen LogP contribution >= 0.6 is 0 Å². The largest absolute Gasteiger partial charge is 0.478 e. The van der Waals surface area contributed by atoms with Crippen molar-refractivity contribution in [3.8, 4) is 0 Å². The molecule has 0 amide bonds. The molecule has 0 radical (unpaired) electrons. The molecular formula is C10H14O4. The molecule has 1 fully saturated rings. The predicted molar refractivity (Wildman–Crippen MR) is 48.2 cm³/mol. The lowest BCUT2D eigenvalue weighted by atomic mass is 9.84. The molecule has 14 heavy (non-hydrogen) atoms. The highest BCUT2D eigenvalue weighted by Gasteiger charge is 2.45. The van der Waals surface area contributed by atoms with Gasteiger partial charge >= 0.3 is 5.97 Å². The smallest absolute Gasteiger partial charge is 0.334 e. The second kappa shape index (κ2) is 3.28. The molecule has 78 valence electrons. The number of hydrogen-bond donors (Lipinski definition) is 2. The quantitative estimate of drug-likeness (QED) is 0.658. The Balaban J connectivity index is 2.28. The molecule has 1 saturated carbocycles. The summed E-state index contributed by atoms with van der Waals surface area (Å²) >= 11 is 0. The summed E-state index contributed by atoms with van der Waals surface area (Å²) in [6, 6.07) is 0. The molecule has 0 spiro atoms. The second-order valence-electron chi connectivity index (χ2n) is 4.14. The van der Waals surface area contributed by atoms with Crippen molar-refractivity contribution in [3.63, 3.8) is 0 Å². The maximum Gasteiger partial charge on any atom is 0.334 e. The minimum absolute atomic E-state index is 0.0359. The van der Waals surface area contributed by atoms with E-state index in [1.54, 1.807) is 0 Å². The molecule has 1 aliphatic carbocycles. The van der Waals surface area contributed by atoms with Crippen LogP contribution in [0.5, 0.6) is 0 Å². The van der Waals surface area contributed by atoms with Crippen molar-refractivity contribution in [2.75, 3.05) is 0 Å². The second-order valence-corrected chi connectivity index (χ2v) is 4.14. The fourth-order valence-corrected chi connectivity index (χ4v) is 2.60. The molecule has 0 aromatic rings. The monoisotopic (exact) mass is 198 g/mol. The highest BCUT2D eigenvalue weighted by atomic mass is 16.6. The Labute approximate surface area is 82.2 Å². The number of ether oxygens (including phenoxy) is 1. The molecule has 1 aliphatic heterocycles. The molecule has 0 bridgehead atoms. The van der Waals surface area contributed by atoms with Gasteiger partial charge in [0, 0.05) is 11.8 Å². The SMILES string of the molecule is CC1CCC2C(C(=O)O)=COC(O)C12. The molecule has 2 rings (SSSR count). The Morgan fingerprint density at radius 2 is 2.29 bits per heavy atom. The lowest BCUT2D eigenvalue weighted by Crippen LogP contribution is -2.35. The van der Waals surface area contributed by atoms with E-state index in [9.17, 15) is 9.90 Å². The van der Waals surface area contributed by atoms with E-state index in [0.717, 1.165) is 12.8 Å². The van der Waals surface area contributed by atoms with Gasteiger partial charge in [0.15, 0.2) is 6.29 Å². The zero-order chi connectivity index (χ0) is 10.3. The summed E-state index contributed by atoms with van der Waals surface area (Å²) in [6.45, 7) is 2.03. The van der Waals surface area contributed by atoms with E-state index in [-0.39, 0.29) is 11.8 Å². The average molecular weight is 198 g/mol. The Morgan fingerprint density at radius 1 is 1.57 bits per heavy atom. The summed E-state index contributed by atoms with van der Waals surface area (Å²) in [5.74, 6) is -0.684. The number of aliphatic carboxylic acids is 1. The zero-order valence-electron chi connectivity index (χ0n) is 8.01. The molecule has 1 heterocycles. The Morgan fingerprint density at radius 3 is 2.93 bits per heavy atom. The molecule has 0 aromatic heterocycles. The van der Waals surface area contributed by atoms with Gasteiger partial charge in [-0.25, -0.2) is 4.79 Å². The highest BCUT2D eigenvalue weighted by molar-refractivity contribution is 5.87. The molecule has 0 saturated heterocycles. The van der Waals surface area contributed by atoms with E-state index in [1.807, 2.05) is 6.92 Å². The highest BCUT2D eigenvalue weighted by Crippen LogP contribution is 2.45. The van der Waals surface area contributed by atoms with Crippen LogP contribution in [0.4, 0.5) is 0 Å². The first kappa shape index (κ1) is 9.52. The van der Waals surface area contributed by atoms with Crippen LogP contribution in [0.2, 0.25) is 0 Å². The summed E-state index contributed by atoms with van der Waals surface area (Å²) in [4.78, 5) is 10.9.